The van der Waals surface area contributed by atoms with Crippen molar-refractivity contribution >= 4 is 23.0 Å². The van der Waals surface area contributed by atoms with Crippen LogP contribution < -0.4 is 16.6 Å². The molecule has 5 rings (SSSR count). The van der Waals surface area contributed by atoms with E-state index in [0.717, 1.165) is 22.8 Å². The molecule has 0 bridgehead atoms. The number of nitrogens with one attached hydrogen (secondary N) is 1. The van der Waals surface area contributed by atoms with E-state index in [1.807, 2.05) is 0 Å². The van der Waals surface area contributed by atoms with Gasteiger partial charge in [0.15, 0.2) is 5.78 Å². The zero-order valence-corrected chi connectivity index (χ0v) is 16.9. The summed E-state index contributed by atoms with van der Waals surface area (Å²) in [6.07, 6.45) is 0. The van der Waals surface area contributed by atoms with Crippen LogP contribution in [0.4, 0.5) is 11.5 Å². The van der Waals surface area contributed by atoms with Crippen LogP contribution >= 0.6 is 0 Å². The average Bonchev–Trinajstić information content (AvgIpc) is 3.07. The van der Waals surface area contributed by atoms with Gasteiger partial charge in [0.1, 0.15) is 11.6 Å². The first-order valence-electron chi connectivity index (χ1n) is 9.64. The number of hydrogen-bond acceptors (Lipinski definition) is 7. The minimum Gasteiger partial charge on any atom is -0.508 e. The molecule has 0 unspecified atom stereocenters. The van der Waals surface area contributed by atoms with Crippen molar-refractivity contribution in [3.63, 3.8) is 0 Å². The molecule has 32 heavy (non-hydrogen) atoms. The average molecular weight is 432 g/mol. The molecular weight excluding hydrogens is 416 g/mol. The molecule has 10 heteroatoms. The molecule has 0 radical (unpaired) electrons. The summed E-state index contributed by atoms with van der Waals surface area (Å²) in [6.45, 7) is 0. The van der Waals surface area contributed by atoms with Crippen LogP contribution in [0.3, 0.4) is 0 Å². The van der Waals surface area contributed by atoms with E-state index in [0.29, 0.717) is 16.8 Å². The third kappa shape index (κ3) is 2.43. The summed E-state index contributed by atoms with van der Waals surface area (Å²) in [5.41, 5.74) is 0.103. The van der Waals surface area contributed by atoms with Gasteiger partial charge in [-0.25, -0.2) is 4.79 Å². The molecule has 0 spiro atoms. The van der Waals surface area contributed by atoms with E-state index in [9.17, 15) is 29.6 Å². The fourth-order valence-corrected chi connectivity index (χ4v) is 4.45. The lowest BCUT2D eigenvalue weighted by atomic mass is 9.81. The van der Waals surface area contributed by atoms with Gasteiger partial charge in [-0.15, -0.1) is 0 Å². The number of ketones is 1. The first kappa shape index (κ1) is 19.5. The van der Waals surface area contributed by atoms with Gasteiger partial charge in [0.2, 0.25) is 0 Å². The maximum absolute atomic E-state index is 13.4. The minimum atomic E-state index is -1.12. The first-order valence-corrected chi connectivity index (χ1v) is 9.64. The maximum Gasteiger partial charge on any atom is 0.332 e. The Morgan fingerprint density at radius 3 is 2.41 bits per heavy atom. The third-order valence-corrected chi connectivity index (χ3v) is 6.01. The van der Waals surface area contributed by atoms with Crippen molar-refractivity contribution in [2.24, 2.45) is 14.1 Å². The van der Waals surface area contributed by atoms with Crippen LogP contribution in [-0.2, 0) is 14.1 Å². The van der Waals surface area contributed by atoms with Crippen molar-refractivity contribution in [3.8, 4) is 5.75 Å². The Morgan fingerprint density at radius 2 is 1.72 bits per heavy atom. The number of rotatable bonds is 2. The highest BCUT2D eigenvalue weighted by atomic mass is 16.6. The number of Topliss-reactive ketones (excluding diaryl/α,β-unsaturated/α-hetero) is 1. The SMILES string of the molecule is Cn1c2c(c(=O)n(C)c1=O)[C@H](c1cc([N+](=O)[O-])ccc1O)C1=C(N2)c2ccccc2C1=O. The van der Waals surface area contributed by atoms with Crippen LogP contribution in [0.5, 0.6) is 5.75 Å². The number of carbonyl (C=O) groups excluding carboxylic acids is 1. The molecular formula is C22H16N4O6. The van der Waals surface area contributed by atoms with Crippen molar-refractivity contribution in [1.82, 2.24) is 9.13 Å². The molecule has 1 atom stereocenters. The van der Waals surface area contributed by atoms with E-state index in [1.165, 1.54) is 18.7 Å². The van der Waals surface area contributed by atoms with E-state index in [4.69, 9.17) is 0 Å². The van der Waals surface area contributed by atoms with Crippen LogP contribution in [0, 0.1) is 10.1 Å². The third-order valence-electron chi connectivity index (χ3n) is 6.01. The van der Waals surface area contributed by atoms with Gasteiger partial charge in [0.05, 0.1) is 22.1 Å². The Bertz CT molecular complexity index is 1530. The van der Waals surface area contributed by atoms with Gasteiger partial charge < -0.3 is 10.4 Å². The summed E-state index contributed by atoms with van der Waals surface area (Å²) >= 11 is 0. The van der Waals surface area contributed by atoms with Gasteiger partial charge in [0, 0.05) is 48.5 Å². The van der Waals surface area contributed by atoms with E-state index >= 15 is 0 Å². The molecule has 1 aliphatic carbocycles. The number of aromatic hydroxyl groups is 1. The van der Waals surface area contributed by atoms with Crippen LogP contribution in [0.1, 0.15) is 33.0 Å². The summed E-state index contributed by atoms with van der Waals surface area (Å²) in [4.78, 5) is 50.0. The fraction of sp³-hybridized carbons (Fsp3) is 0.136. The molecule has 1 aromatic heterocycles. The highest BCUT2D eigenvalue weighted by Gasteiger charge is 2.43. The zero-order valence-electron chi connectivity index (χ0n) is 16.9. The van der Waals surface area contributed by atoms with Crippen molar-refractivity contribution in [3.05, 3.63) is 101 Å². The monoisotopic (exact) mass is 432 g/mol. The van der Waals surface area contributed by atoms with Gasteiger partial charge in [0.25, 0.3) is 11.2 Å². The number of phenolic OH excluding ortho intramolecular Hbond substituents is 1. The molecule has 3 aromatic rings. The van der Waals surface area contributed by atoms with Crippen molar-refractivity contribution in [1.29, 1.82) is 0 Å². The van der Waals surface area contributed by atoms with E-state index in [-0.39, 0.29) is 39.7 Å². The molecule has 1 aliphatic heterocycles. The van der Waals surface area contributed by atoms with Gasteiger partial charge in [-0.1, -0.05) is 24.3 Å². The Labute approximate surface area is 179 Å². The Balaban J connectivity index is 1.92. The Kier molecular flexibility index (Phi) is 3.97. The van der Waals surface area contributed by atoms with Gasteiger partial charge in [-0.3, -0.25) is 28.8 Å². The van der Waals surface area contributed by atoms with E-state index in [1.54, 1.807) is 24.3 Å². The quantitative estimate of drug-likeness (QED) is 0.466. The Hall–Kier alpha value is -4.47. The van der Waals surface area contributed by atoms with Crippen LogP contribution in [-0.4, -0.2) is 24.9 Å². The number of anilines is 1. The van der Waals surface area contributed by atoms with Crippen LogP contribution in [0.25, 0.3) is 5.70 Å². The largest absolute Gasteiger partial charge is 0.508 e. The molecule has 0 saturated carbocycles. The number of nitrogens with zero attached hydrogens (tertiary/aromatic N) is 3. The standard InChI is InChI=1S/C22H16N4O6/c1-24-20-17(21(29)25(2)22(24)30)15(13-9-10(26(31)32)7-8-14(13)27)16-18(23-20)11-5-3-4-6-12(11)19(16)28/h3-9,15,23,27H,1-2H3/t15-/m1/s1. The number of benzene rings is 2. The summed E-state index contributed by atoms with van der Waals surface area (Å²) < 4.78 is 2.15. The lowest BCUT2D eigenvalue weighted by Crippen LogP contribution is -2.42. The topological polar surface area (TPSA) is 136 Å². The number of non-ortho nitro benzene ring substituents is 1. The van der Waals surface area contributed by atoms with Crippen molar-refractivity contribution < 1.29 is 14.8 Å². The first-order chi connectivity index (χ1) is 15.2. The minimum absolute atomic E-state index is 0.0337. The number of aromatic nitrogens is 2. The number of hydrogen-bond donors (Lipinski definition) is 2. The highest BCUT2D eigenvalue weighted by Crippen LogP contribution is 2.49. The van der Waals surface area contributed by atoms with Crippen molar-refractivity contribution in [2.75, 3.05) is 5.32 Å². The maximum atomic E-state index is 13.4. The molecule has 2 heterocycles. The van der Waals surface area contributed by atoms with Crippen molar-refractivity contribution in [2.45, 2.75) is 5.92 Å². The van der Waals surface area contributed by atoms with Gasteiger partial charge in [-0.2, -0.15) is 0 Å². The number of phenols is 1. The predicted octanol–water partition coefficient (Wildman–Crippen LogP) is 1.86. The molecule has 2 aliphatic rings. The second-order valence-electron chi connectivity index (χ2n) is 7.69. The zero-order chi connectivity index (χ0) is 22.9. The fourth-order valence-electron chi connectivity index (χ4n) is 4.45. The predicted molar refractivity (Wildman–Crippen MR) is 115 cm³/mol. The Morgan fingerprint density at radius 1 is 1.03 bits per heavy atom. The number of fused-ring (bicyclic) bond motifs is 3. The summed E-state index contributed by atoms with van der Waals surface area (Å²) in [5, 5.41) is 25.1. The van der Waals surface area contributed by atoms with Gasteiger partial charge >= 0.3 is 5.69 Å². The van der Waals surface area contributed by atoms with Crippen LogP contribution in [0.15, 0.2) is 57.6 Å². The molecule has 0 saturated heterocycles. The normalized spacial score (nSPS) is 16.3. The number of carbonyl (C=O) groups is 1. The summed E-state index contributed by atoms with van der Waals surface area (Å²) in [5.74, 6) is -1.62. The molecule has 2 N–H and O–H groups in total. The van der Waals surface area contributed by atoms with Gasteiger partial charge in [-0.05, 0) is 6.07 Å². The van der Waals surface area contributed by atoms with E-state index in [2.05, 4.69) is 5.32 Å². The van der Waals surface area contributed by atoms with Crippen LogP contribution in [0.2, 0.25) is 0 Å². The smallest absolute Gasteiger partial charge is 0.332 e. The van der Waals surface area contributed by atoms with E-state index < -0.39 is 22.1 Å². The molecule has 10 nitrogen and oxygen atoms in total. The molecule has 0 fully saturated rings. The molecule has 2 aromatic carbocycles. The summed E-state index contributed by atoms with van der Waals surface area (Å²) in [7, 11) is 2.79. The molecule has 160 valence electrons. The lowest BCUT2D eigenvalue weighted by Gasteiger charge is -2.29. The second kappa shape index (κ2) is 6.51. The summed E-state index contributed by atoms with van der Waals surface area (Å²) in [6, 6.07) is 10.3. The number of allylic oxidation sites excluding steroid dienone is 1. The lowest BCUT2D eigenvalue weighted by molar-refractivity contribution is -0.384. The number of nitro benzene ring substituents is 1. The molecule has 0 amide bonds. The second-order valence-corrected chi connectivity index (χ2v) is 7.69. The number of nitro groups is 1. The highest BCUT2D eigenvalue weighted by molar-refractivity contribution is 6.23.